The minimum absolute atomic E-state index is 0.148. The number of hydrogen-bond acceptors (Lipinski definition) is 11. The highest BCUT2D eigenvalue weighted by Crippen LogP contribution is 2.14. The zero-order valence-corrected chi connectivity index (χ0v) is 18.7. The fraction of sp³-hybridized carbons (Fsp3) is 0.619. The van der Waals surface area contributed by atoms with Crippen LogP contribution in [0.5, 0.6) is 0 Å². The Bertz CT molecular complexity index is 807. The van der Waals surface area contributed by atoms with Crippen LogP contribution in [0.25, 0.3) is 0 Å². The molecule has 2 rings (SSSR count). The molecule has 1 N–H and O–H groups in total. The lowest BCUT2D eigenvalue weighted by molar-refractivity contribution is -0.314. The van der Waals surface area contributed by atoms with Gasteiger partial charge in [-0.05, 0) is 33.0 Å². The van der Waals surface area contributed by atoms with E-state index in [-0.39, 0.29) is 45.8 Å². The smallest absolute Gasteiger partial charge is 0.0623 e. The molecule has 3 atom stereocenters. The highest BCUT2D eigenvalue weighted by Gasteiger charge is 2.25. The molecule has 0 aromatic carbocycles. The zero-order valence-electron chi connectivity index (χ0n) is 18.7. The highest BCUT2D eigenvalue weighted by molar-refractivity contribution is 5.72. The molecule has 0 aliphatic carbocycles. The first-order valence-electron chi connectivity index (χ1n) is 10.6. The van der Waals surface area contributed by atoms with E-state index in [1.165, 1.54) is 13.8 Å². The van der Waals surface area contributed by atoms with Crippen molar-refractivity contribution in [2.75, 3.05) is 39.8 Å². The van der Waals surface area contributed by atoms with Crippen molar-refractivity contribution >= 4 is 17.9 Å². The van der Waals surface area contributed by atoms with Crippen LogP contribution in [0.4, 0.5) is 0 Å². The Balaban J connectivity index is 2.42. The van der Waals surface area contributed by atoms with E-state index >= 15 is 0 Å². The van der Waals surface area contributed by atoms with E-state index in [1.807, 2.05) is 0 Å². The van der Waals surface area contributed by atoms with Gasteiger partial charge in [-0.1, -0.05) is 6.07 Å². The number of fused-ring (bicyclic) bond motifs is 2. The number of pyridine rings is 1. The van der Waals surface area contributed by atoms with Crippen molar-refractivity contribution in [3.8, 4) is 0 Å². The Morgan fingerprint density at radius 2 is 1.34 bits per heavy atom. The van der Waals surface area contributed by atoms with Gasteiger partial charge in [0.1, 0.15) is 0 Å². The van der Waals surface area contributed by atoms with Crippen LogP contribution < -0.4 is 20.6 Å². The standard InChI is InChI=1S/C21H33N5O6/c1-14(19(27)28)24-7-9-25(15(2)20(29)30)12-16-5-4-6-17(23-16)13-26(10-8-24)18(11-22-3)21(31)32/h4-6,14-15,18,22H,7-13H2,1-3H3,(H,27,28)(H,29,30)(H,31,32)/p-3. The third-order valence-electron chi connectivity index (χ3n) is 5.83. The van der Waals surface area contributed by atoms with Gasteiger partial charge in [-0.3, -0.25) is 19.7 Å². The molecule has 0 amide bonds. The van der Waals surface area contributed by atoms with E-state index in [1.54, 1.807) is 39.9 Å². The Kier molecular flexibility index (Phi) is 9.51. The summed E-state index contributed by atoms with van der Waals surface area (Å²) >= 11 is 0. The summed E-state index contributed by atoms with van der Waals surface area (Å²) in [6, 6.07) is 2.53. The maximum Gasteiger partial charge on any atom is 0.0623 e. The van der Waals surface area contributed by atoms with E-state index in [4.69, 9.17) is 0 Å². The average molecular weight is 449 g/mol. The Morgan fingerprint density at radius 1 is 0.875 bits per heavy atom. The lowest BCUT2D eigenvalue weighted by Crippen LogP contribution is -2.56. The predicted molar refractivity (Wildman–Crippen MR) is 108 cm³/mol. The number of nitrogens with one attached hydrogen (secondary N) is 1. The second kappa shape index (κ2) is 11.9. The second-order valence-electron chi connectivity index (χ2n) is 7.98. The molecule has 2 bridgehead atoms. The minimum Gasteiger partial charge on any atom is -0.548 e. The number of rotatable bonds is 8. The Labute approximate surface area is 187 Å². The van der Waals surface area contributed by atoms with Crippen LogP contribution in [-0.2, 0) is 27.5 Å². The van der Waals surface area contributed by atoms with E-state index < -0.39 is 36.0 Å². The van der Waals surface area contributed by atoms with Gasteiger partial charge in [-0.2, -0.15) is 0 Å². The summed E-state index contributed by atoms with van der Waals surface area (Å²) in [6.07, 6.45) is 0. The molecule has 1 aromatic heterocycles. The monoisotopic (exact) mass is 448 g/mol. The quantitative estimate of drug-likeness (QED) is 0.410. The fourth-order valence-corrected chi connectivity index (χ4v) is 3.74. The number of likely N-dealkylation sites (N-methyl/N-ethyl adjacent to an activating group) is 1. The van der Waals surface area contributed by atoms with Crippen molar-refractivity contribution in [3.63, 3.8) is 0 Å². The number of carboxylic acids is 3. The van der Waals surface area contributed by atoms with Crippen molar-refractivity contribution in [1.29, 1.82) is 0 Å². The number of carbonyl (C=O) groups excluding carboxylic acids is 3. The molecule has 0 fully saturated rings. The lowest BCUT2D eigenvalue weighted by atomic mass is 10.1. The number of nitrogens with zero attached hydrogens (tertiary/aromatic N) is 4. The van der Waals surface area contributed by atoms with Crippen LogP contribution >= 0.6 is 0 Å². The highest BCUT2D eigenvalue weighted by atomic mass is 16.4. The van der Waals surface area contributed by atoms with Crippen LogP contribution in [0, 0.1) is 0 Å². The lowest BCUT2D eigenvalue weighted by Gasteiger charge is -2.38. The topological polar surface area (TPSA) is 155 Å². The molecule has 3 unspecified atom stereocenters. The van der Waals surface area contributed by atoms with E-state index in [0.717, 1.165) is 0 Å². The largest absolute Gasteiger partial charge is 0.548 e. The summed E-state index contributed by atoms with van der Waals surface area (Å²) in [7, 11) is 1.64. The van der Waals surface area contributed by atoms with Crippen LogP contribution in [0.2, 0.25) is 0 Å². The zero-order chi connectivity index (χ0) is 23.8. The summed E-state index contributed by atoms with van der Waals surface area (Å²) in [4.78, 5) is 44.4. The third-order valence-corrected chi connectivity index (χ3v) is 5.83. The number of aliphatic carboxylic acids is 3. The summed E-state index contributed by atoms with van der Waals surface area (Å²) in [5, 5.41) is 37.7. The molecule has 32 heavy (non-hydrogen) atoms. The molecule has 11 heteroatoms. The maximum absolute atomic E-state index is 11.8. The first kappa shape index (κ1) is 25.7. The Morgan fingerprint density at radius 3 is 1.84 bits per heavy atom. The molecule has 1 aliphatic rings. The van der Waals surface area contributed by atoms with E-state index in [9.17, 15) is 29.7 Å². The number of aromatic nitrogens is 1. The van der Waals surface area contributed by atoms with Crippen molar-refractivity contribution in [2.45, 2.75) is 45.1 Å². The third kappa shape index (κ3) is 6.95. The Hall–Kier alpha value is -2.60. The normalized spacial score (nSPS) is 19.8. The van der Waals surface area contributed by atoms with Gasteiger partial charge in [0.05, 0.1) is 35.3 Å². The molecule has 0 spiro atoms. The summed E-state index contributed by atoms with van der Waals surface area (Å²) in [5.41, 5.74) is 1.24. The van der Waals surface area contributed by atoms with Gasteiger partial charge in [-0.25, -0.2) is 0 Å². The van der Waals surface area contributed by atoms with Gasteiger partial charge >= 0.3 is 0 Å². The summed E-state index contributed by atoms with van der Waals surface area (Å²) in [6.45, 7) is 4.54. The van der Waals surface area contributed by atoms with Gasteiger partial charge < -0.3 is 35.0 Å². The van der Waals surface area contributed by atoms with Crippen LogP contribution in [0.3, 0.4) is 0 Å². The van der Waals surface area contributed by atoms with Crippen molar-refractivity contribution < 1.29 is 29.7 Å². The summed E-state index contributed by atoms with van der Waals surface area (Å²) < 4.78 is 0. The molecular formula is C21H30N5O6-3. The van der Waals surface area contributed by atoms with Crippen molar-refractivity contribution in [1.82, 2.24) is 25.0 Å². The molecule has 11 nitrogen and oxygen atoms in total. The van der Waals surface area contributed by atoms with Gasteiger partial charge in [0.25, 0.3) is 0 Å². The van der Waals surface area contributed by atoms with Crippen LogP contribution in [0.1, 0.15) is 25.2 Å². The fourth-order valence-electron chi connectivity index (χ4n) is 3.74. The first-order chi connectivity index (χ1) is 15.1. The number of carboxylic acid groups (broad SMARTS) is 3. The first-order valence-corrected chi connectivity index (χ1v) is 10.6. The second-order valence-corrected chi connectivity index (χ2v) is 7.98. The average Bonchev–Trinajstić information content (AvgIpc) is 2.74. The van der Waals surface area contributed by atoms with E-state index in [0.29, 0.717) is 11.4 Å². The van der Waals surface area contributed by atoms with Crippen LogP contribution in [0.15, 0.2) is 18.2 Å². The predicted octanol–water partition coefficient (Wildman–Crippen LogP) is -4.38. The van der Waals surface area contributed by atoms with Gasteiger partial charge in [0.15, 0.2) is 0 Å². The molecule has 1 aliphatic heterocycles. The van der Waals surface area contributed by atoms with Crippen LogP contribution in [-0.4, -0.2) is 95.5 Å². The van der Waals surface area contributed by atoms with E-state index in [2.05, 4.69) is 10.3 Å². The van der Waals surface area contributed by atoms with Gasteiger partial charge in [0, 0.05) is 57.9 Å². The molecule has 178 valence electrons. The number of hydrogen-bond donors (Lipinski definition) is 1. The van der Waals surface area contributed by atoms with Gasteiger partial charge in [-0.15, -0.1) is 0 Å². The molecule has 0 radical (unpaired) electrons. The molecule has 1 aromatic rings. The minimum atomic E-state index is -1.26. The SMILES string of the molecule is CNCC(C(=O)[O-])N1CCN(C(C)C(=O)[O-])CCN(C(C)C(=O)[O-])Cc2cccc(n2)C1. The molecule has 2 heterocycles. The molecule has 0 saturated heterocycles. The van der Waals surface area contributed by atoms with Crippen molar-refractivity contribution in [3.05, 3.63) is 29.6 Å². The maximum atomic E-state index is 11.8. The van der Waals surface area contributed by atoms with Gasteiger partial charge in [0.2, 0.25) is 0 Å². The number of carbonyl (C=O) groups is 3. The van der Waals surface area contributed by atoms with Crippen molar-refractivity contribution in [2.24, 2.45) is 0 Å². The molecule has 0 saturated carbocycles. The summed E-state index contributed by atoms with van der Waals surface area (Å²) in [5.74, 6) is -3.74. The molecular weight excluding hydrogens is 418 g/mol.